The Labute approximate surface area is 110 Å². The van der Waals surface area contributed by atoms with Gasteiger partial charge in [-0.05, 0) is 53.9 Å². The summed E-state index contributed by atoms with van der Waals surface area (Å²) in [6.45, 7) is 5.09. The molecule has 3 rings (SSSR count). The molecule has 1 fully saturated rings. The molecule has 0 aromatic carbocycles. The number of nitrogens with zero attached hydrogens (tertiary/aromatic N) is 2. The minimum atomic E-state index is 0.152. The van der Waals surface area contributed by atoms with Crippen molar-refractivity contribution in [2.75, 3.05) is 20.1 Å². The number of aryl methyl sites for hydroxylation is 1. The molecule has 0 radical (unpaired) electrons. The number of likely N-dealkylation sites (tertiary alicyclic amines) is 1. The Hall–Kier alpha value is -0.610. The summed E-state index contributed by atoms with van der Waals surface area (Å²) < 4.78 is 2.72. The van der Waals surface area contributed by atoms with E-state index in [1.807, 2.05) is 11.5 Å². The highest BCUT2D eigenvalue weighted by Gasteiger charge is 2.33. The van der Waals surface area contributed by atoms with Crippen molar-refractivity contribution >= 4 is 15.9 Å². The van der Waals surface area contributed by atoms with E-state index in [1.165, 1.54) is 12.1 Å². The second-order valence-corrected chi connectivity index (χ2v) is 6.29. The van der Waals surface area contributed by atoms with Crippen LogP contribution in [-0.2, 0) is 6.54 Å². The van der Waals surface area contributed by atoms with Crippen molar-refractivity contribution in [1.82, 2.24) is 9.47 Å². The van der Waals surface area contributed by atoms with E-state index in [0.29, 0.717) is 11.8 Å². The zero-order chi connectivity index (χ0) is 12.2. The van der Waals surface area contributed by atoms with Gasteiger partial charge in [-0.25, -0.2) is 0 Å². The predicted octanol–water partition coefficient (Wildman–Crippen LogP) is 1.97. The van der Waals surface area contributed by atoms with Crippen molar-refractivity contribution < 1.29 is 0 Å². The van der Waals surface area contributed by atoms with E-state index in [2.05, 4.69) is 33.9 Å². The highest BCUT2D eigenvalue weighted by molar-refractivity contribution is 9.10. The van der Waals surface area contributed by atoms with Gasteiger partial charge in [0, 0.05) is 31.2 Å². The van der Waals surface area contributed by atoms with Gasteiger partial charge in [0.1, 0.15) is 0 Å². The molecule has 1 saturated heterocycles. The van der Waals surface area contributed by atoms with Gasteiger partial charge in [0.05, 0.1) is 4.47 Å². The molecule has 0 amide bonds. The zero-order valence-electron chi connectivity index (χ0n) is 10.2. The second-order valence-electron chi connectivity index (χ2n) is 5.50. The molecule has 2 bridgehead atoms. The van der Waals surface area contributed by atoms with E-state index in [9.17, 15) is 4.79 Å². The van der Waals surface area contributed by atoms with Gasteiger partial charge >= 0.3 is 0 Å². The van der Waals surface area contributed by atoms with Crippen molar-refractivity contribution in [3.63, 3.8) is 0 Å². The molecule has 92 valence electrons. The van der Waals surface area contributed by atoms with Crippen LogP contribution in [-0.4, -0.2) is 29.6 Å². The van der Waals surface area contributed by atoms with Gasteiger partial charge in [-0.2, -0.15) is 0 Å². The number of pyridine rings is 1. The summed E-state index contributed by atoms with van der Waals surface area (Å²) in [6, 6.07) is 2.19. The van der Waals surface area contributed by atoms with Crippen LogP contribution in [0.3, 0.4) is 0 Å². The average Bonchev–Trinajstić information content (AvgIpc) is 2.28. The number of aromatic nitrogens is 1. The number of halogens is 1. The Morgan fingerprint density at radius 1 is 1.35 bits per heavy atom. The maximum Gasteiger partial charge on any atom is 0.265 e. The first-order chi connectivity index (χ1) is 8.06. The lowest BCUT2D eigenvalue weighted by Crippen LogP contribution is -2.45. The molecule has 2 aliphatic heterocycles. The molecule has 3 nitrogen and oxygen atoms in total. The Bertz CT molecular complexity index is 523. The van der Waals surface area contributed by atoms with Gasteiger partial charge in [0.15, 0.2) is 0 Å². The van der Waals surface area contributed by atoms with Crippen molar-refractivity contribution in [3.8, 4) is 0 Å². The van der Waals surface area contributed by atoms with Gasteiger partial charge in [-0.15, -0.1) is 0 Å². The normalized spacial score (nSPS) is 27.9. The minimum Gasteiger partial charge on any atom is -0.311 e. The summed E-state index contributed by atoms with van der Waals surface area (Å²) in [5, 5.41) is 0. The summed E-state index contributed by atoms with van der Waals surface area (Å²) in [4.78, 5) is 14.6. The highest BCUT2D eigenvalue weighted by atomic mass is 79.9. The fourth-order valence-corrected chi connectivity index (χ4v) is 3.67. The first-order valence-corrected chi connectivity index (χ1v) is 6.94. The smallest absolute Gasteiger partial charge is 0.265 e. The Balaban J connectivity index is 2.16. The van der Waals surface area contributed by atoms with Crippen molar-refractivity contribution in [2.45, 2.75) is 25.8 Å². The van der Waals surface area contributed by atoms with Crippen LogP contribution >= 0.6 is 15.9 Å². The maximum absolute atomic E-state index is 12.2. The third-order valence-electron chi connectivity index (χ3n) is 4.03. The highest BCUT2D eigenvalue weighted by Crippen LogP contribution is 2.35. The third-order valence-corrected chi connectivity index (χ3v) is 5.00. The molecule has 0 aliphatic carbocycles. The molecule has 4 heteroatoms. The standard InChI is InChI=1S/C13H17BrN2O/c1-8-3-11-10-4-9(5-15(2)7-10)6-16(11)13(17)12(8)14/h3,9-10H,4-7H2,1-2H3. The van der Waals surface area contributed by atoms with Gasteiger partial charge < -0.3 is 9.47 Å². The Morgan fingerprint density at radius 3 is 2.88 bits per heavy atom. The SMILES string of the molecule is Cc1cc2n(c(=O)c1Br)CC1CC2CN(C)C1. The lowest BCUT2D eigenvalue weighted by molar-refractivity contribution is 0.144. The molecule has 2 unspecified atom stereocenters. The first kappa shape index (κ1) is 11.5. The van der Waals surface area contributed by atoms with E-state index in [0.717, 1.165) is 29.7 Å². The van der Waals surface area contributed by atoms with Crippen molar-refractivity contribution in [1.29, 1.82) is 0 Å². The molecule has 0 saturated carbocycles. The summed E-state index contributed by atoms with van der Waals surface area (Å²) in [5.74, 6) is 1.17. The molecular weight excluding hydrogens is 280 g/mol. The lowest BCUT2D eigenvalue weighted by Gasteiger charge is -2.41. The maximum atomic E-state index is 12.2. The largest absolute Gasteiger partial charge is 0.311 e. The van der Waals surface area contributed by atoms with Gasteiger partial charge in [0.25, 0.3) is 5.56 Å². The Kier molecular flexibility index (Phi) is 2.67. The van der Waals surface area contributed by atoms with Crippen LogP contribution in [0.5, 0.6) is 0 Å². The van der Waals surface area contributed by atoms with Gasteiger partial charge in [0.2, 0.25) is 0 Å². The van der Waals surface area contributed by atoms with Crippen LogP contribution in [0.25, 0.3) is 0 Å². The summed E-state index contributed by atoms with van der Waals surface area (Å²) in [5.41, 5.74) is 2.45. The average molecular weight is 297 g/mol. The van der Waals surface area contributed by atoms with Crippen LogP contribution in [0.15, 0.2) is 15.3 Å². The monoisotopic (exact) mass is 296 g/mol. The Morgan fingerprint density at radius 2 is 2.12 bits per heavy atom. The number of fused-ring (bicyclic) bond motifs is 4. The lowest BCUT2D eigenvalue weighted by atomic mass is 9.83. The van der Waals surface area contributed by atoms with Gasteiger partial charge in [-0.1, -0.05) is 0 Å². The number of rotatable bonds is 0. The molecule has 0 spiro atoms. The molecule has 3 heterocycles. The molecule has 2 atom stereocenters. The third kappa shape index (κ3) is 1.78. The van der Waals surface area contributed by atoms with Crippen LogP contribution in [0.4, 0.5) is 0 Å². The molecule has 0 N–H and O–H groups in total. The topological polar surface area (TPSA) is 25.2 Å². The van der Waals surface area contributed by atoms with E-state index in [1.54, 1.807) is 0 Å². The summed E-state index contributed by atoms with van der Waals surface area (Å²) >= 11 is 3.41. The van der Waals surface area contributed by atoms with Crippen LogP contribution in [0.2, 0.25) is 0 Å². The molecule has 1 aromatic rings. The second kappa shape index (κ2) is 3.95. The van der Waals surface area contributed by atoms with Crippen LogP contribution < -0.4 is 5.56 Å². The van der Waals surface area contributed by atoms with Crippen LogP contribution in [0.1, 0.15) is 23.6 Å². The zero-order valence-corrected chi connectivity index (χ0v) is 11.8. The molecule has 2 aliphatic rings. The first-order valence-electron chi connectivity index (χ1n) is 6.14. The number of piperidine rings is 1. The van der Waals surface area contributed by atoms with Gasteiger partial charge in [-0.3, -0.25) is 4.79 Å². The number of hydrogen-bond donors (Lipinski definition) is 0. The van der Waals surface area contributed by atoms with Crippen molar-refractivity contribution in [2.24, 2.45) is 5.92 Å². The predicted molar refractivity (Wildman–Crippen MR) is 71.5 cm³/mol. The minimum absolute atomic E-state index is 0.152. The summed E-state index contributed by atoms with van der Waals surface area (Å²) in [7, 11) is 2.18. The van der Waals surface area contributed by atoms with E-state index in [4.69, 9.17) is 0 Å². The summed E-state index contributed by atoms with van der Waals surface area (Å²) in [6.07, 6.45) is 1.24. The fraction of sp³-hybridized carbons (Fsp3) is 0.615. The van der Waals surface area contributed by atoms with E-state index >= 15 is 0 Å². The molecule has 17 heavy (non-hydrogen) atoms. The van der Waals surface area contributed by atoms with Crippen molar-refractivity contribution in [3.05, 3.63) is 32.2 Å². The molecule has 1 aromatic heterocycles. The number of hydrogen-bond acceptors (Lipinski definition) is 2. The van der Waals surface area contributed by atoms with E-state index in [-0.39, 0.29) is 5.56 Å². The quantitative estimate of drug-likeness (QED) is 0.731. The fourth-order valence-electron chi connectivity index (χ4n) is 3.34. The van der Waals surface area contributed by atoms with Crippen LogP contribution in [0, 0.1) is 12.8 Å². The number of likely N-dealkylation sites (N-methyl/N-ethyl adjacent to an activating group) is 1. The van der Waals surface area contributed by atoms with E-state index < -0.39 is 0 Å². The molecular formula is C13H17BrN2O.